The van der Waals surface area contributed by atoms with Gasteiger partial charge in [-0.25, -0.2) is 0 Å². The molecule has 0 aliphatic carbocycles. The molecule has 0 bridgehead atoms. The summed E-state index contributed by atoms with van der Waals surface area (Å²) in [5.74, 6) is 0.699. The predicted molar refractivity (Wildman–Crippen MR) is 87.2 cm³/mol. The zero-order valence-electron chi connectivity index (χ0n) is 14.0. The number of rotatable bonds is 3. The molecule has 1 aromatic rings. The molecule has 0 aromatic heterocycles. The van der Waals surface area contributed by atoms with Crippen LogP contribution in [0.2, 0.25) is 0 Å². The Bertz CT molecular complexity index is 441. The third kappa shape index (κ3) is 3.42. The Labute approximate surface area is 124 Å². The van der Waals surface area contributed by atoms with E-state index in [-0.39, 0.29) is 0 Å². The first kappa shape index (κ1) is 15.5. The van der Waals surface area contributed by atoms with Gasteiger partial charge >= 0.3 is 0 Å². The molecule has 0 saturated carbocycles. The predicted octanol–water partition coefficient (Wildman–Crippen LogP) is 3.43. The first-order chi connectivity index (χ1) is 9.38. The summed E-state index contributed by atoms with van der Waals surface area (Å²) in [5.41, 5.74) is 5.77. The molecule has 2 atom stereocenters. The van der Waals surface area contributed by atoms with Crippen LogP contribution in [0.15, 0.2) is 12.1 Å². The molecule has 0 spiro atoms. The van der Waals surface area contributed by atoms with Crippen molar-refractivity contribution >= 4 is 0 Å². The molecule has 1 aliphatic rings. The average molecular weight is 274 g/mol. The Kier molecular flexibility index (Phi) is 4.87. The fourth-order valence-electron chi connectivity index (χ4n) is 3.28. The minimum Gasteiger partial charge on any atom is -0.311 e. The van der Waals surface area contributed by atoms with E-state index in [1.807, 2.05) is 0 Å². The summed E-state index contributed by atoms with van der Waals surface area (Å²) in [4.78, 5) is 2.64. The number of hydrogen-bond acceptors (Lipinski definition) is 2. The maximum absolute atomic E-state index is 3.68. The minimum atomic E-state index is 0.616. The lowest BCUT2D eigenvalue weighted by Crippen LogP contribution is -2.56. The van der Waals surface area contributed by atoms with Crippen LogP contribution in [0.3, 0.4) is 0 Å². The Hall–Kier alpha value is -0.860. The quantitative estimate of drug-likeness (QED) is 0.908. The summed E-state index contributed by atoms with van der Waals surface area (Å²) in [5, 5.41) is 3.68. The molecule has 112 valence electrons. The van der Waals surface area contributed by atoms with Crippen molar-refractivity contribution in [2.75, 3.05) is 13.1 Å². The summed E-state index contributed by atoms with van der Waals surface area (Å²) in [7, 11) is 0. The topological polar surface area (TPSA) is 15.3 Å². The van der Waals surface area contributed by atoms with Crippen molar-refractivity contribution in [3.05, 3.63) is 34.4 Å². The molecule has 1 aliphatic heterocycles. The standard InChI is InChI=1S/C18H30N2/c1-12(2)18-11-20(16(6)9-19-18)10-17-14(4)7-13(3)8-15(17)5/h7-8,12,16,18-19H,9-11H2,1-6H3. The van der Waals surface area contributed by atoms with Gasteiger partial charge in [0.1, 0.15) is 0 Å². The highest BCUT2D eigenvalue weighted by Gasteiger charge is 2.27. The monoisotopic (exact) mass is 274 g/mol. The van der Waals surface area contributed by atoms with Crippen LogP contribution in [-0.2, 0) is 6.54 Å². The maximum Gasteiger partial charge on any atom is 0.0243 e. The minimum absolute atomic E-state index is 0.616. The third-order valence-electron chi connectivity index (χ3n) is 4.74. The van der Waals surface area contributed by atoms with Crippen molar-refractivity contribution in [1.82, 2.24) is 10.2 Å². The Morgan fingerprint density at radius 1 is 1.20 bits per heavy atom. The summed E-state index contributed by atoms with van der Waals surface area (Å²) >= 11 is 0. The molecule has 1 N–H and O–H groups in total. The molecule has 1 fully saturated rings. The van der Waals surface area contributed by atoms with E-state index < -0.39 is 0 Å². The van der Waals surface area contributed by atoms with Crippen molar-refractivity contribution in [3.8, 4) is 0 Å². The second-order valence-electron chi connectivity index (χ2n) is 6.91. The second kappa shape index (κ2) is 6.28. The van der Waals surface area contributed by atoms with Crippen LogP contribution in [0.5, 0.6) is 0 Å². The number of nitrogens with one attached hydrogen (secondary N) is 1. The highest BCUT2D eigenvalue weighted by Crippen LogP contribution is 2.21. The lowest BCUT2D eigenvalue weighted by atomic mass is 9.96. The number of aryl methyl sites for hydroxylation is 3. The average Bonchev–Trinajstić information content (AvgIpc) is 2.35. The lowest BCUT2D eigenvalue weighted by molar-refractivity contribution is 0.116. The van der Waals surface area contributed by atoms with Gasteiger partial charge in [0.25, 0.3) is 0 Å². The van der Waals surface area contributed by atoms with E-state index in [2.05, 4.69) is 63.9 Å². The van der Waals surface area contributed by atoms with Crippen LogP contribution in [0.25, 0.3) is 0 Å². The Morgan fingerprint density at radius 2 is 1.80 bits per heavy atom. The highest BCUT2D eigenvalue weighted by molar-refractivity contribution is 5.37. The van der Waals surface area contributed by atoms with Gasteiger partial charge in [0.15, 0.2) is 0 Å². The highest BCUT2D eigenvalue weighted by atomic mass is 15.2. The van der Waals surface area contributed by atoms with E-state index in [0.717, 1.165) is 19.6 Å². The number of hydrogen-bond donors (Lipinski definition) is 1. The molecular formula is C18H30N2. The van der Waals surface area contributed by atoms with Crippen LogP contribution < -0.4 is 5.32 Å². The summed E-state index contributed by atoms with van der Waals surface area (Å²) in [6.45, 7) is 17.0. The summed E-state index contributed by atoms with van der Waals surface area (Å²) in [6.07, 6.45) is 0. The first-order valence-corrected chi connectivity index (χ1v) is 7.92. The smallest absolute Gasteiger partial charge is 0.0243 e. The molecule has 0 amide bonds. The fourth-order valence-corrected chi connectivity index (χ4v) is 3.28. The van der Waals surface area contributed by atoms with Gasteiger partial charge in [0.05, 0.1) is 0 Å². The van der Waals surface area contributed by atoms with Crippen LogP contribution in [0.1, 0.15) is 43.0 Å². The maximum atomic E-state index is 3.68. The third-order valence-corrected chi connectivity index (χ3v) is 4.74. The zero-order valence-corrected chi connectivity index (χ0v) is 14.0. The molecular weight excluding hydrogens is 244 g/mol. The zero-order chi connectivity index (χ0) is 14.9. The van der Waals surface area contributed by atoms with E-state index >= 15 is 0 Å². The first-order valence-electron chi connectivity index (χ1n) is 7.92. The molecule has 20 heavy (non-hydrogen) atoms. The van der Waals surface area contributed by atoms with Gasteiger partial charge in [0.2, 0.25) is 0 Å². The molecule has 1 aromatic carbocycles. The van der Waals surface area contributed by atoms with Crippen LogP contribution in [0, 0.1) is 26.7 Å². The van der Waals surface area contributed by atoms with E-state index in [1.165, 1.54) is 22.3 Å². The van der Waals surface area contributed by atoms with E-state index in [0.29, 0.717) is 18.0 Å². The molecule has 0 radical (unpaired) electrons. The summed E-state index contributed by atoms with van der Waals surface area (Å²) in [6, 6.07) is 5.87. The van der Waals surface area contributed by atoms with E-state index in [4.69, 9.17) is 0 Å². The van der Waals surface area contributed by atoms with Crippen molar-refractivity contribution < 1.29 is 0 Å². The molecule has 2 heteroatoms. The lowest BCUT2D eigenvalue weighted by Gasteiger charge is -2.41. The van der Waals surface area contributed by atoms with E-state index in [9.17, 15) is 0 Å². The number of piperazine rings is 1. The fraction of sp³-hybridized carbons (Fsp3) is 0.667. The molecule has 2 unspecified atom stereocenters. The van der Waals surface area contributed by atoms with Crippen molar-refractivity contribution in [2.45, 2.75) is 60.2 Å². The Balaban J connectivity index is 2.16. The van der Waals surface area contributed by atoms with Gasteiger partial charge in [-0.15, -0.1) is 0 Å². The molecule has 1 saturated heterocycles. The van der Waals surface area contributed by atoms with Crippen molar-refractivity contribution in [2.24, 2.45) is 5.92 Å². The van der Waals surface area contributed by atoms with Crippen molar-refractivity contribution in [1.29, 1.82) is 0 Å². The number of nitrogens with zero attached hydrogens (tertiary/aromatic N) is 1. The van der Waals surface area contributed by atoms with Gasteiger partial charge in [-0.3, -0.25) is 4.90 Å². The van der Waals surface area contributed by atoms with Crippen molar-refractivity contribution in [3.63, 3.8) is 0 Å². The van der Waals surface area contributed by atoms with Crippen LogP contribution >= 0.6 is 0 Å². The van der Waals surface area contributed by atoms with Gasteiger partial charge in [-0.1, -0.05) is 31.5 Å². The Morgan fingerprint density at radius 3 is 2.35 bits per heavy atom. The summed E-state index contributed by atoms with van der Waals surface area (Å²) < 4.78 is 0. The molecule has 1 heterocycles. The van der Waals surface area contributed by atoms with Crippen LogP contribution in [-0.4, -0.2) is 30.1 Å². The largest absolute Gasteiger partial charge is 0.311 e. The van der Waals surface area contributed by atoms with Gasteiger partial charge < -0.3 is 5.32 Å². The van der Waals surface area contributed by atoms with Crippen LogP contribution in [0.4, 0.5) is 0 Å². The second-order valence-corrected chi connectivity index (χ2v) is 6.91. The van der Waals surface area contributed by atoms with Gasteiger partial charge in [-0.2, -0.15) is 0 Å². The number of benzene rings is 1. The normalized spacial score (nSPS) is 24.4. The van der Waals surface area contributed by atoms with Gasteiger partial charge in [0, 0.05) is 31.7 Å². The molecule has 2 rings (SSSR count). The molecule has 2 nitrogen and oxygen atoms in total. The van der Waals surface area contributed by atoms with E-state index in [1.54, 1.807) is 0 Å². The SMILES string of the molecule is Cc1cc(C)c(CN2CC(C(C)C)NCC2C)c(C)c1. The van der Waals surface area contributed by atoms with Gasteiger partial charge in [-0.05, 0) is 50.3 Å².